The second-order valence-electron chi connectivity index (χ2n) is 5.98. The first-order chi connectivity index (χ1) is 12.8. The monoisotopic (exact) mass is 477 g/mol. The van der Waals surface area contributed by atoms with E-state index in [2.05, 4.69) is 28.7 Å². The zero-order chi connectivity index (χ0) is 20.0. The van der Waals surface area contributed by atoms with Crippen LogP contribution in [0.4, 0.5) is 0 Å². The van der Waals surface area contributed by atoms with Crippen LogP contribution in [-0.2, 0) is 0 Å². The molecule has 0 unspecified atom stereocenters. The number of ether oxygens (including phenoxy) is 2. The topological polar surface area (TPSA) is 79.5 Å². The number of hydrogen-bond donors (Lipinski definition) is 1. The van der Waals surface area contributed by atoms with Crippen molar-refractivity contribution in [1.82, 2.24) is 0 Å². The Morgan fingerprint density at radius 3 is 2.41 bits per heavy atom. The molecule has 2 aromatic rings. The molecule has 0 fully saturated rings. The number of rotatable bonds is 7. The molecule has 0 bridgehead atoms. The lowest BCUT2D eigenvalue weighted by atomic mass is 10.0. The molecule has 0 aliphatic heterocycles. The second kappa shape index (κ2) is 9.42. The van der Waals surface area contributed by atoms with E-state index < -0.39 is 5.97 Å². The Kier molecular flexibility index (Phi) is 7.25. The molecule has 2 rings (SSSR count). The van der Waals surface area contributed by atoms with Crippen molar-refractivity contribution in [3.63, 3.8) is 0 Å². The van der Waals surface area contributed by atoms with Gasteiger partial charge in [-0.2, -0.15) is 5.26 Å². The van der Waals surface area contributed by atoms with Gasteiger partial charge in [-0.25, -0.2) is 4.79 Å². The van der Waals surface area contributed by atoms with E-state index >= 15 is 0 Å². The predicted octanol–water partition coefficient (Wildman–Crippen LogP) is 5.24. The van der Waals surface area contributed by atoms with Gasteiger partial charge in [-0.1, -0.05) is 12.1 Å². The molecule has 2 aromatic carbocycles. The van der Waals surface area contributed by atoms with Gasteiger partial charge >= 0.3 is 5.97 Å². The molecular weight excluding hydrogens is 457 g/mol. The SMILES string of the molecule is CCOc1cc(C=C(C#N)c2ccc(C(=O)O)cc2)cc(I)c1OC(C)C. The number of aromatic carboxylic acids is 1. The van der Waals surface area contributed by atoms with E-state index in [9.17, 15) is 10.1 Å². The summed E-state index contributed by atoms with van der Waals surface area (Å²) in [6.07, 6.45) is 1.76. The lowest BCUT2D eigenvalue weighted by Gasteiger charge is -2.17. The summed E-state index contributed by atoms with van der Waals surface area (Å²) in [5.74, 6) is 0.317. The van der Waals surface area contributed by atoms with Crippen LogP contribution < -0.4 is 9.47 Å². The highest BCUT2D eigenvalue weighted by Gasteiger charge is 2.14. The number of halogens is 1. The molecule has 0 atom stereocenters. The van der Waals surface area contributed by atoms with Gasteiger partial charge in [0, 0.05) is 0 Å². The van der Waals surface area contributed by atoms with E-state index in [0.29, 0.717) is 29.2 Å². The minimum Gasteiger partial charge on any atom is -0.490 e. The van der Waals surface area contributed by atoms with Gasteiger partial charge in [0.05, 0.1) is 33.5 Å². The molecule has 0 saturated carbocycles. The fourth-order valence-electron chi connectivity index (χ4n) is 2.42. The van der Waals surface area contributed by atoms with Gasteiger partial charge in [0.25, 0.3) is 0 Å². The van der Waals surface area contributed by atoms with E-state index in [-0.39, 0.29) is 11.7 Å². The molecule has 0 radical (unpaired) electrons. The lowest BCUT2D eigenvalue weighted by Crippen LogP contribution is -2.09. The average molecular weight is 477 g/mol. The fourth-order valence-corrected chi connectivity index (χ4v) is 3.18. The Labute approximate surface area is 172 Å². The van der Waals surface area contributed by atoms with Gasteiger partial charge in [0.2, 0.25) is 0 Å². The quantitative estimate of drug-likeness (QED) is 0.335. The van der Waals surface area contributed by atoms with Crippen molar-refractivity contribution in [2.75, 3.05) is 6.61 Å². The van der Waals surface area contributed by atoms with Crippen LogP contribution in [0.1, 0.15) is 42.3 Å². The first-order valence-electron chi connectivity index (χ1n) is 8.44. The third kappa shape index (κ3) is 5.47. The van der Waals surface area contributed by atoms with Gasteiger partial charge in [0.1, 0.15) is 0 Å². The zero-order valence-electron chi connectivity index (χ0n) is 15.3. The van der Waals surface area contributed by atoms with Gasteiger partial charge in [-0.15, -0.1) is 0 Å². The van der Waals surface area contributed by atoms with E-state index in [1.807, 2.05) is 32.9 Å². The molecule has 0 saturated heterocycles. The first kappa shape index (κ1) is 20.8. The van der Waals surface area contributed by atoms with E-state index in [1.165, 1.54) is 12.1 Å². The highest BCUT2D eigenvalue weighted by atomic mass is 127. The molecule has 27 heavy (non-hydrogen) atoms. The van der Waals surface area contributed by atoms with Crippen LogP contribution in [0.2, 0.25) is 0 Å². The maximum Gasteiger partial charge on any atom is 0.335 e. The molecule has 1 N–H and O–H groups in total. The maximum absolute atomic E-state index is 11.0. The molecule has 0 amide bonds. The van der Waals surface area contributed by atoms with Gasteiger partial charge in [-0.05, 0) is 84.8 Å². The Hall–Kier alpha value is -2.53. The van der Waals surface area contributed by atoms with Crippen molar-refractivity contribution in [3.05, 3.63) is 56.7 Å². The molecule has 6 heteroatoms. The van der Waals surface area contributed by atoms with E-state index in [4.69, 9.17) is 14.6 Å². The minimum atomic E-state index is -0.999. The van der Waals surface area contributed by atoms with Gasteiger partial charge < -0.3 is 14.6 Å². The highest BCUT2D eigenvalue weighted by Crippen LogP contribution is 2.36. The maximum atomic E-state index is 11.0. The van der Waals surface area contributed by atoms with Crippen molar-refractivity contribution in [1.29, 1.82) is 5.26 Å². The summed E-state index contributed by atoms with van der Waals surface area (Å²) in [5.41, 5.74) is 2.07. The van der Waals surface area contributed by atoms with Crippen LogP contribution in [-0.4, -0.2) is 23.8 Å². The zero-order valence-corrected chi connectivity index (χ0v) is 17.5. The number of hydrogen-bond acceptors (Lipinski definition) is 4. The number of nitriles is 1. The Morgan fingerprint density at radius 1 is 1.26 bits per heavy atom. The summed E-state index contributed by atoms with van der Waals surface area (Å²) in [6, 6.07) is 12.2. The smallest absolute Gasteiger partial charge is 0.335 e. The number of carboxylic acids is 1. The second-order valence-corrected chi connectivity index (χ2v) is 7.14. The van der Waals surface area contributed by atoms with Crippen molar-refractivity contribution in [3.8, 4) is 17.6 Å². The summed E-state index contributed by atoms with van der Waals surface area (Å²) in [5, 5.41) is 18.5. The Balaban J connectivity index is 2.45. The molecule has 5 nitrogen and oxygen atoms in total. The lowest BCUT2D eigenvalue weighted by molar-refractivity contribution is 0.0697. The molecule has 0 aromatic heterocycles. The predicted molar refractivity (Wildman–Crippen MR) is 113 cm³/mol. The fraction of sp³-hybridized carbons (Fsp3) is 0.238. The number of benzene rings is 2. The largest absolute Gasteiger partial charge is 0.490 e. The van der Waals surface area contributed by atoms with Gasteiger partial charge in [-0.3, -0.25) is 0 Å². The van der Waals surface area contributed by atoms with Crippen molar-refractivity contribution < 1.29 is 19.4 Å². The van der Waals surface area contributed by atoms with Crippen LogP contribution in [0.5, 0.6) is 11.5 Å². The first-order valence-corrected chi connectivity index (χ1v) is 9.52. The molecule has 140 valence electrons. The summed E-state index contributed by atoms with van der Waals surface area (Å²) in [6.45, 7) is 6.31. The summed E-state index contributed by atoms with van der Waals surface area (Å²) >= 11 is 2.19. The molecule has 0 aliphatic carbocycles. The van der Waals surface area contributed by atoms with Crippen LogP contribution >= 0.6 is 22.6 Å². The third-order valence-corrected chi connectivity index (χ3v) is 4.36. The van der Waals surface area contributed by atoms with E-state index in [1.54, 1.807) is 18.2 Å². The minimum absolute atomic E-state index is 0.0153. The summed E-state index contributed by atoms with van der Waals surface area (Å²) in [4.78, 5) is 11.0. The Bertz CT molecular complexity index is 896. The number of allylic oxidation sites excluding steroid dienone is 1. The standard InChI is InChI=1S/C21H20INO4/c1-4-26-19-11-14(10-18(22)20(19)27-13(2)3)9-17(12-23)15-5-7-16(8-6-15)21(24)25/h5-11,13H,4H2,1-3H3,(H,24,25). The van der Waals surface area contributed by atoms with Crippen molar-refractivity contribution >= 4 is 40.2 Å². The number of carbonyl (C=O) groups is 1. The molecular formula is C21H20INO4. The third-order valence-electron chi connectivity index (χ3n) is 3.56. The molecule has 0 aliphatic rings. The normalized spacial score (nSPS) is 11.2. The van der Waals surface area contributed by atoms with Crippen molar-refractivity contribution in [2.45, 2.75) is 26.9 Å². The highest BCUT2D eigenvalue weighted by molar-refractivity contribution is 14.1. The van der Waals surface area contributed by atoms with Crippen LogP contribution in [0, 0.1) is 14.9 Å². The average Bonchev–Trinajstić information content (AvgIpc) is 2.62. The van der Waals surface area contributed by atoms with Crippen molar-refractivity contribution in [2.24, 2.45) is 0 Å². The molecule has 0 spiro atoms. The molecule has 0 heterocycles. The van der Waals surface area contributed by atoms with Crippen LogP contribution in [0.3, 0.4) is 0 Å². The van der Waals surface area contributed by atoms with Crippen LogP contribution in [0.15, 0.2) is 36.4 Å². The summed E-state index contributed by atoms with van der Waals surface area (Å²) < 4.78 is 12.5. The van der Waals surface area contributed by atoms with Crippen LogP contribution in [0.25, 0.3) is 11.6 Å². The van der Waals surface area contributed by atoms with E-state index in [0.717, 1.165) is 9.13 Å². The number of nitrogens with zero attached hydrogens (tertiary/aromatic N) is 1. The summed E-state index contributed by atoms with van der Waals surface area (Å²) in [7, 11) is 0. The number of carboxylic acid groups (broad SMARTS) is 1. The van der Waals surface area contributed by atoms with Gasteiger partial charge in [0.15, 0.2) is 11.5 Å². The Morgan fingerprint density at radius 2 is 1.89 bits per heavy atom.